The van der Waals surface area contributed by atoms with Crippen molar-refractivity contribution in [3.63, 3.8) is 0 Å². The Morgan fingerprint density at radius 3 is 2.38 bits per heavy atom. The van der Waals surface area contributed by atoms with Crippen molar-refractivity contribution in [3.8, 4) is 0 Å². The van der Waals surface area contributed by atoms with E-state index in [0.29, 0.717) is 18.6 Å². The topological polar surface area (TPSA) is 55.5 Å². The number of ether oxygens (including phenoxy) is 1. The zero-order valence-corrected chi connectivity index (χ0v) is 8.99. The normalized spacial score (nSPS) is 16.2. The minimum Gasteiger partial charge on any atom is -0.395 e. The van der Waals surface area contributed by atoms with Crippen molar-refractivity contribution in [2.45, 2.75) is 45.8 Å². The van der Waals surface area contributed by atoms with Gasteiger partial charge < -0.3 is 15.6 Å². The van der Waals surface area contributed by atoms with Gasteiger partial charge in [-0.25, -0.2) is 0 Å². The van der Waals surface area contributed by atoms with Crippen LogP contribution in [-0.2, 0) is 4.74 Å². The Labute approximate surface area is 81.3 Å². The van der Waals surface area contributed by atoms with Crippen molar-refractivity contribution >= 4 is 0 Å². The van der Waals surface area contributed by atoms with E-state index in [1.807, 2.05) is 0 Å². The highest BCUT2D eigenvalue weighted by Gasteiger charge is 2.06. The maximum absolute atomic E-state index is 8.66. The lowest BCUT2D eigenvalue weighted by atomic mass is 10.1. The first-order valence-electron chi connectivity index (χ1n) is 5.04. The first kappa shape index (κ1) is 12.9. The molecular formula is C10H23NO2. The van der Waals surface area contributed by atoms with Crippen LogP contribution >= 0.6 is 0 Å². The molecule has 3 nitrogen and oxygen atoms in total. The molecule has 0 fully saturated rings. The summed E-state index contributed by atoms with van der Waals surface area (Å²) in [5.74, 6) is 0.668. The van der Waals surface area contributed by atoms with Gasteiger partial charge in [-0.3, -0.25) is 0 Å². The van der Waals surface area contributed by atoms with Crippen LogP contribution in [-0.4, -0.2) is 30.5 Å². The Balaban J connectivity index is 3.31. The highest BCUT2D eigenvalue weighted by atomic mass is 16.5. The van der Waals surface area contributed by atoms with Crippen LogP contribution in [0.4, 0.5) is 0 Å². The number of rotatable bonds is 7. The third kappa shape index (κ3) is 8.22. The van der Waals surface area contributed by atoms with Crippen LogP contribution in [0.5, 0.6) is 0 Å². The number of aliphatic hydroxyl groups excluding tert-OH is 1. The van der Waals surface area contributed by atoms with Gasteiger partial charge in [-0.2, -0.15) is 0 Å². The number of aliphatic hydroxyl groups is 1. The molecule has 0 rings (SSSR count). The molecular weight excluding hydrogens is 166 g/mol. The van der Waals surface area contributed by atoms with Crippen molar-refractivity contribution < 1.29 is 9.84 Å². The molecule has 0 aromatic rings. The fourth-order valence-electron chi connectivity index (χ4n) is 1.24. The Kier molecular flexibility index (Phi) is 7.23. The van der Waals surface area contributed by atoms with Gasteiger partial charge >= 0.3 is 0 Å². The smallest absolute Gasteiger partial charge is 0.0583 e. The third-order valence-corrected chi connectivity index (χ3v) is 1.93. The number of hydrogen-bond acceptors (Lipinski definition) is 3. The van der Waals surface area contributed by atoms with Crippen molar-refractivity contribution in [3.05, 3.63) is 0 Å². The summed E-state index contributed by atoms with van der Waals surface area (Å²) in [6.07, 6.45) is 2.11. The van der Waals surface area contributed by atoms with Crippen molar-refractivity contribution in [1.82, 2.24) is 0 Å². The van der Waals surface area contributed by atoms with Gasteiger partial charge in [0.2, 0.25) is 0 Å². The van der Waals surface area contributed by atoms with Crippen LogP contribution in [0.25, 0.3) is 0 Å². The summed E-state index contributed by atoms with van der Waals surface area (Å²) in [5.41, 5.74) is 5.53. The standard InChI is InChI=1S/C10H23NO2/c1-8(2)6-9(3)13-5-4-10(11)7-12/h8-10,12H,4-7,11H2,1-3H3. The Hall–Kier alpha value is -0.120. The van der Waals surface area contributed by atoms with E-state index in [1.54, 1.807) is 0 Å². The van der Waals surface area contributed by atoms with Crippen molar-refractivity contribution in [2.75, 3.05) is 13.2 Å². The average Bonchev–Trinajstić information content (AvgIpc) is 2.02. The molecule has 0 amide bonds. The molecule has 0 aliphatic rings. The molecule has 0 saturated carbocycles. The lowest BCUT2D eigenvalue weighted by molar-refractivity contribution is 0.0449. The molecule has 0 aromatic carbocycles. The van der Waals surface area contributed by atoms with Crippen molar-refractivity contribution in [2.24, 2.45) is 11.7 Å². The van der Waals surface area contributed by atoms with Gasteiger partial charge in [0.1, 0.15) is 0 Å². The van der Waals surface area contributed by atoms with Crippen LogP contribution in [0, 0.1) is 5.92 Å². The Morgan fingerprint density at radius 2 is 1.92 bits per heavy atom. The van der Waals surface area contributed by atoms with Gasteiger partial charge in [0.25, 0.3) is 0 Å². The van der Waals surface area contributed by atoms with Crippen LogP contribution in [0.3, 0.4) is 0 Å². The summed E-state index contributed by atoms with van der Waals surface area (Å²) in [6.45, 7) is 7.13. The summed E-state index contributed by atoms with van der Waals surface area (Å²) in [6, 6.07) is -0.133. The minimum atomic E-state index is -0.133. The predicted octanol–water partition coefficient (Wildman–Crippen LogP) is 1.15. The van der Waals surface area contributed by atoms with E-state index in [4.69, 9.17) is 15.6 Å². The second-order valence-electron chi connectivity index (χ2n) is 4.04. The third-order valence-electron chi connectivity index (χ3n) is 1.93. The first-order chi connectivity index (χ1) is 6.06. The summed E-state index contributed by atoms with van der Waals surface area (Å²) >= 11 is 0. The van der Waals surface area contributed by atoms with E-state index in [1.165, 1.54) is 0 Å². The quantitative estimate of drug-likeness (QED) is 0.631. The second-order valence-corrected chi connectivity index (χ2v) is 4.04. The van der Waals surface area contributed by atoms with Crippen LogP contribution < -0.4 is 5.73 Å². The highest BCUT2D eigenvalue weighted by Crippen LogP contribution is 2.07. The molecule has 0 saturated heterocycles. The van der Waals surface area contributed by atoms with Gasteiger partial charge in [-0.1, -0.05) is 13.8 Å². The van der Waals surface area contributed by atoms with Gasteiger partial charge in [0.15, 0.2) is 0 Å². The van der Waals surface area contributed by atoms with Crippen molar-refractivity contribution in [1.29, 1.82) is 0 Å². The highest BCUT2D eigenvalue weighted by molar-refractivity contribution is 4.59. The molecule has 0 aliphatic carbocycles. The van der Waals surface area contributed by atoms with E-state index in [9.17, 15) is 0 Å². The SMILES string of the molecule is CC(C)CC(C)OCCC(N)CO. The Bertz CT molecular complexity index is 117. The summed E-state index contributed by atoms with van der Waals surface area (Å²) < 4.78 is 5.53. The molecule has 0 spiro atoms. The van der Waals surface area contributed by atoms with E-state index in [2.05, 4.69) is 20.8 Å². The Morgan fingerprint density at radius 1 is 1.31 bits per heavy atom. The molecule has 13 heavy (non-hydrogen) atoms. The number of nitrogens with two attached hydrogens (primary N) is 1. The molecule has 3 N–H and O–H groups in total. The van der Waals surface area contributed by atoms with Gasteiger partial charge in [-0.05, 0) is 25.7 Å². The molecule has 0 radical (unpaired) electrons. The largest absolute Gasteiger partial charge is 0.395 e. The molecule has 0 bridgehead atoms. The van der Waals surface area contributed by atoms with E-state index >= 15 is 0 Å². The van der Waals surface area contributed by atoms with Crippen LogP contribution in [0.1, 0.15) is 33.6 Å². The molecule has 0 heterocycles. The second kappa shape index (κ2) is 7.30. The van der Waals surface area contributed by atoms with E-state index < -0.39 is 0 Å². The number of hydrogen-bond donors (Lipinski definition) is 2. The lowest BCUT2D eigenvalue weighted by Crippen LogP contribution is -2.27. The lowest BCUT2D eigenvalue weighted by Gasteiger charge is -2.16. The molecule has 2 unspecified atom stereocenters. The molecule has 80 valence electrons. The van der Waals surface area contributed by atoms with Gasteiger partial charge in [0.05, 0.1) is 12.7 Å². The van der Waals surface area contributed by atoms with Crippen LogP contribution in [0.15, 0.2) is 0 Å². The molecule has 2 atom stereocenters. The first-order valence-corrected chi connectivity index (χ1v) is 5.04. The fourth-order valence-corrected chi connectivity index (χ4v) is 1.24. The van der Waals surface area contributed by atoms with Crippen LogP contribution in [0.2, 0.25) is 0 Å². The maximum atomic E-state index is 8.66. The summed E-state index contributed by atoms with van der Waals surface area (Å²) in [5, 5.41) is 8.66. The zero-order valence-electron chi connectivity index (χ0n) is 8.99. The minimum absolute atomic E-state index is 0.0436. The van der Waals surface area contributed by atoms with E-state index in [0.717, 1.165) is 12.8 Å². The summed E-state index contributed by atoms with van der Waals surface area (Å²) in [4.78, 5) is 0. The fraction of sp³-hybridized carbons (Fsp3) is 1.00. The van der Waals surface area contributed by atoms with Gasteiger partial charge in [0, 0.05) is 12.6 Å². The van der Waals surface area contributed by atoms with Gasteiger partial charge in [-0.15, -0.1) is 0 Å². The monoisotopic (exact) mass is 189 g/mol. The molecule has 0 aromatic heterocycles. The van der Waals surface area contributed by atoms with E-state index in [-0.39, 0.29) is 12.6 Å². The predicted molar refractivity (Wildman–Crippen MR) is 54.5 cm³/mol. The maximum Gasteiger partial charge on any atom is 0.0583 e. The zero-order chi connectivity index (χ0) is 10.3. The average molecular weight is 189 g/mol. The summed E-state index contributed by atoms with van der Waals surface area (Å²) in [7, 11) is 0. The molecule has 3 heteroatoms. The molecule has 0 aliphatic heterocycles.